The van der Waals surface area contributed by atoms with Crippen molar-refractivity contribution >= 4 is 28.3 Å². The average molecular weight is 430 g/mol. The van der Waals surface area contributed by atoms with Gasteiger partial charge in [-0.15, -0.1) is 0 Å². The van der Waals surface area contributed by atoms with Crippen molar-refractivity contribution in [2.45, 2.75) is 13.5 Å². The third-order valence-corrected chi connectivity index (χ3v) is 5.53. The van der Waals surface area contributed by atoms with Gasteiger partial charge in [0.2, 0.25) is 0 Å². The molecule has 0 saturated heterocycles. The van der Waals surface area contributed by atoms with E-state index in [0.717, 1.165) is 39.4 Å². The van der Waals surface area contributed by atoms with Crippen LogP contribution in [0.25, 0.3) is 11.0 Å². The zero-order chi connectivity index (χ0) is 22.8. The molecule has 2 aromatic heterocycles. The number of benzene rings is 2. The minimum atomic E-state index is -0.121. The van der Waals surface area contributed by atoms with Gasteiger partial charge in [-0.05, 0) is 55.0 Å². The number of ether oxygens (including phenoxy) is 1. The molecule has 0 aliphatic heterocycles. The Balaban J connectivity index is 1.72. The molecule has 0 radical (unpaired) electrons. The summed E-state index contributed by atoms with van der Waals surface area (Å²) < 4.78 is 7.01. The van der Waals surface area contributed by atoms with Crippen LogP contribution in [0.1, 0.15) is 21.6 Å². The second kappa shape index (κ2) is 8.70. The number of anilines is 2. The molecule has 4 rings (SSSR count). The maximum absolute atomic E-state index is 13.7. The smallest absolute Gasteiger partial charge is 0.260 e. The number of rotatable bonds is 6. The van der Waals surface area contributed by atoms with Gasteiger partial charge in [-0.2, -0.15) is 5.10 Å². The van der Waals surface area contributed by atoms with Crippen LogP contribution in [0.3, 0.4) is 0 Å². The normalized spacial score (nSPS) is 10.9. The summed E-state index contributed by atoms with van der Waals surface area (Å²) in [5.41, 5.74) is 5.06. The molecular weight excluding hydrogens is 402 g/mol. The van der Waals surface area contributed by atoms with Crippen LogP contribution in [-0.4, -0.2) is 41.9 Å². The van der Waals surface area contributed by atoms with Crippen molar-refractivity contribution in [1.82, 2.24) is 14.8 Å². The molecule has 0 bridgehead atoms. The zero-order valence-electron chi connectivity index (χ0n) is 19.0. The first-order valence-electron chi connectivity index (χ1n) is 10.4. The minimum Gasteiger partial charge on any atom is -0.497 e. The second-order valence-electron chi connectivity index (χ2n) is 7.95. The molecule has 0 unspecified atom stereocenters. The van der Waals surface area contributed by atoms with Gasteiger partial charge in [-0.1, -0.05) is 12.1 Å². The third-order valence-electron chi connectivity index (χ3n) is 5.53. The van der Waals surface area contributed by atoms with Gasteiger partial charge in [0.05, 0.1) is 24.9 Å². The van der Waals surface area contributed by atoms with Crippen LogP contribution in [0.5, 0.6) is 5.75 Å². The number of amides is 1. The topological polar surface area (TPSA) is 63.5 Å². The number of pyridine rings is 1. The van der Waals surface area contributed by atoms with E-state index in [2.05, 4.69) is 22.2 Å². The maximum atomic E-state index is 13.7. The molecule has 0 atom stereocenters. The van der Waals surface area contributed by atoms with Crippen LogP contribution < -0.4 is 14.5 Å². The van der Waals surface area contributed by atoms with Gasteiger partial charge in [0.15, 0.2) is 5.65 Å². The van der Waals surface area contributed by atoms with Crippen LogP contribution in [-0.2, 0) is 13.6 Å². The van der Waals surface area contributed by atoms with Crippen LogP contribution >= 0.6 is 0 Å². The van der Waals surface area contributed by atoms with E-state index >= 15 is 0 Å². The third kappa shape index (κ3) is 4.14. The lowest BCUT2D eigenvalue weighted by atomic mass is 10.1. The lowest BCUT2D eigenvalue weighted by Crippen LogP contribution is -2.30. The summed E-state index contributed by atoms with van der Waals surface area (Å²) in [5, 5.41) is 5.29. The van der Waals surface area contributed by atoms with E-state index in [1.54, 1.807) is 22.9 Å². The van der Waals surface area contributed by atoms with E-state index in [0.29, 0.717) is 12.1 Å². The van der Waals surface area contributed by atoms with Gasteiger partial charge in [0.1, 0.15) is 5.75 Å². The Kier molecular flexibility index (Phi) is 5.81. The van der Waals surface area contributed by atoms with E-state index in [-0.39, 0.29) is 5.91 Å². The van der Waals surface area contributed by atoms with Crippen molar-refractivity contribution in [3.8, 4) is 5.75 Å². The van der Waals surface area contributed by atoms with Crippen LogP contribution in [0.4, 0.5) is 11.4 Å². The summed E-state index contributed by atoms with van der Waals surface area (Å²) in [6.45, 7) is 2.36. The second-order valence-corrected chi connectivity index (χ2v) is 7.95. The Morgan fingerprint density at radius 3 is 2.31 bits per heavy atom. The van der Waals surface area contributed by atoms with Crippen LogP contribution in [0.2, 0.25) is 0 Å². The van der Waals surface area contributed by atoms with Crippen LogP contribution in [0, 0.1) is 6.92 Å². The Morgan fingerprint density at radius 1 is 1.03 bits per heavy atom. The maximum Gasteiger partial charge on any atom is 0.260 e. The first kappa shape index (κ1) is 21.4. The highest BCUT2D eigenvalue weighted by molar-refractivity contribution is 6.07. The predicted molar refractivity (Wildman–Crippen MR) is 128 cm³/mol. The number of carbonyl (C=O) groups is 1. The van der Waals surface area contributed by atoms with Crippen molar-refractivity contribution in [1.29, 1.82) is 0 Å². The predicted octanol–water partition coefficient (Wildman–Crippen LogP) is 4.20. The summed E-state index contributed by atoms with van der Waals surface area (Å²) in [5.74, 6) is 0.620. The molecule has 7 heteroatoms. The van der Waals surface area contributed by atoms with E-state index in [1.165, 1.54) is 0 Å². The Hall–Kier alpha value is -3.87. The fourth-order valence-electron chi connectivity index (χ4n) is 3.71. The Morgan fingerprint density at radius 2 is 1.69 bits per heavy atom. The number of aromatic nitrogens is 3. The van der Waals surface area contributed by atoms with Crippen molar-refractivity contribution in [3.05, 3.63) is 77.6 Å². The summed E-state index contributed by atoms with van der Waals surface area (Å²) >= 11 is 0. The zero-order valence-corrected chi connectivity index (χ0v) is 19.0. The van der Waals surface area contributed by atoms with E-state index in [9.17, 15) is 4.79 Å². The molecule has 164 valence electrons. The highest BCUT2D eigenvalue weighted by Crippen LogP contribution is 2.25. The van der Waals surface area contributed by atoms with Gasteiger partial charge in [-0.25, -0.2) is 4.98 Å². The molecule has 2 heterocycles. The van der Waals surface area contributed by atoms with E-state index < -0.39 is 0 Å². The Labute approximate surface area is 187 Å². The van der Waals surface area contributed by atoms with Gasteiger partial charge >= 0.3 is 0 Å². The molecule has 0 aliphatic rings. The summed E-state index contributed by atoms with van der Waals surface area (Å²) in [6, 6.07) is 17.6. The number of nitrogens with zero attached hydrogens (tertiary/aromatic N) is 5. The fraction of sp³-hybridized carbons (Fsp3) is 0.240. The summed E-state index contributed by atoms with van der Waals surface area (Å²) in [4.78, 5) is 22.0. The van der Waals surface area contributed by atoms with E-state index in [1.807, 2.05) is 75.4 Å². The fourth-order valence-corrected chi connectivity index (χ4v) is 3.71. The molecule has 4 aromatic rings. The van der Waals surface area contributed by atoms with Crippen molar-refractivity contribution in [2.75, 3.05) is 31.0 Å². The molecular formula is C25H27N5O2. The first-order valence-corrected chi connectivity index (χ1v) is 10.4. The molecule has 0 fully saturated rings. The number of carbonyl (C=O) groups excluding carboxylic acids is 1. The van der Waals surface area contributed by atoms with Gasteiger partial charge < -0.3 is 14.5 Å². The quantitative estimate of drug-likeness (QED) is 0.460. The molecule has 2 aromatic carbocycles. The minimum absolute atomic E-state index is 0.121. The summed E-state index contributed by atoms with van der Waals surface area (Å²) in [6.07, 6.45) is 1.62. The number of hydrogen-bond donors (Lipinski definition) is 0. The summed E-state index contributed by atoms with van der Waals surface area (Å²) in [7, 11) is 7.49. The van der Waals surface area contributed by atoms with Gasteiger partial charge in [0.25, 0.3) is 5.91 Å². The molecule has 1 amide bonds. The van der Waals surface area contributed by atoms with E-state index in [4.69, 9.17) is 4.74 Å². The molecule has 0 spiro atoms. The molecule has 32 heavy (non-hydrogen) atoms. The highest BCUT2D eigenvalue weighted by Gasteiger charge is 2.20. The van der Waals surface area contributed by atoms with Crippen molar-refractivity contribution in [2.24, 2.45) is 7.05 Å². The molecule has 7 nitrogen and oxygen atoms in total. The number of hydrogen-bond acceptors (Lipinski definition) is 5. The largest absolute Gasteiger partial charge is 0.497 e. The number of fused-ring (bicyclic) bond motifs is 1. The average Bonchev–Trinajstić information content (AvgIpc) is 3.10. The monoisotopic (exact) mass is 429 g/mol. The molecule has 0 saturated carbocycles. The van der Waals surface area contributed by atoms with Gasteiger partial charge in [-0.3, -0.25) is 9.48 Å². The SMILES string of the molecule is COc1ccc(N(Cc2ccc(N(C)C)cc2)C(=O)c2cnc3c(c2)c(C)nn3C)cc1. The highest BCUT2D eigenvalue weighted by atomic mass is 16.5. The first-order chi connectivity index (χ1) is 15.4. The van der Waals surface area contributed by atoms with Crippen molar-refractivity contribution in [3.63, 3.8) is 0 Å². The lowest BCUT2D eigenvalue weighted by molar-refractivity contribution is 0.0985. The van der Waals surface area contributed by atoms with Crippen LogP contribution in [0.15, 0.2) is 60.8 Å². The lowest BCUT2D eigenvalue weighted by Gasteiger charge is -2.24. The Bertz CT molecular complexity index is 1240. The number of methoxy groups -OCH3 is 1. The van der Waals surface area contributed by atoms with Gasteiger partial charge in [0, 0.05) is 44.1 Å². The molecule has 0 N–H and O–H groups in total. The van der Waals surface area contributed by atoms with Crippen molar-refractivity contribution < 1.29 is 9.53 Å². The standard InChI is InChI=1S/C25H27N5O2/c1-17-23-14-19(15-26-24(23)29(4)27-17)25(31)30(21-10-12-22(32-5)13-11-21)16-18-6-8-20(9-7-18)28(2)3/h6-15H,16H2,1-5H3. The molecule has 0 aliphatic carbocycles. The number of aryl methyl sites for hydroxylation is 2.